The molecular weight excluding hydrogens is 261 g/mol. The zero-order valence-electron chi connectivity index (χ0n) is 11.0. The standard InChI is InChI=1S/C15H16FNO3/c16-12-1-2-13-10(6-12)5-11(7-20-13)14(19)17-8-15(9-18)3-4-15/h1-2,5-6,18H,3-4,7-9H2,(H,17,19). The van der Waals surface area contributed by atoms with Crippen molar-refractivity contribution < 1.29 is 19.0 Å². The zero-order valence-corrected chi connectivity index (χ0v) is 11.0. The molecule has 1 aromatic rings. The van der Waals surface area contributed by atoms with Gasteiger partial charge in [-0.15, -0.1) is 0 Å². The zero-order chi connectivity index (χ0) is 14.2. The molecule has 0 aromatic heterocycles. The molecule has 106 valence electrons. The Kier molecular flexibility index (Phi) is 3.22. The number of amides is 1. The first-order valence-corrected chi connectivity index (χ1v) is 6.64. The van der Waals surface area contributed by atoms with E-state index >= 15 is 0 Å². The van der Waals surface area contributed by atoms with Crippen LogP contribution in [0.1, 0.15) is 18.4 Å². The summed E-state index contributed by atoms with van der Waals surface area (Å²) in [5, 5.41) is 12.0. The number of carbonyl (C=O) groups excluding carboxylic acids is 1. The highest BCUT2D eigenvalue weighted by Gasteiger charge is 2.42. The maximum absolute atomic E-state index is 13.2. The van der Waals surface area contributed by atoms with E-state index in [0.29, 0.717) is 23.4 Å². The van der Waals surface area contributed by atoms with Crippen molar-refractivity contribution in [3.63, 3.8) is 0 Å². The van der Waals surface area contributed by atoms with E-state index in [-0.39, 0.29) is 30.4 Å². The Morgan fingerprint density at radius 2 is 2.25 bits per heavy atom. The molecule has 1 aliphatic carbocycles. The van der Waals surface area contributed by atoms with E-state index in [4.69, 9.17) is 4.74 Å². The largest absolute Gasteiger partial charge is 0.488 e. The highest BCUT2D eigenvalue weighted by atomic mass is 19.1. The number of nitrogens with one attached hydrogen (secondary N) is 1. The van der Waals surface area contributed by atoms with Crippen molar-refractivity contribution >= 4 is 12.0 Å². The van der Waals surface area contributed by atoms with Crippen molar-refractivity contribution in [1.29, 1.82) is 0 Å². The smallest absolute Gasteiger partial charge is 0.250 e. The van der Waals surface area contributed by atoms with E-state index in [0.717, 1.165) is 12.8 Å². The normalized spacial score (nSPS) is 18.6. The number of hydrogen-bond acceptors (Lipinski definition) is 3. The minimum absolute atomic E-state index is 0.0941. The SMILES string of the molecule is O=C(NCC1(CO)CC1)C1=Cc2cc(F)ccc2OC1. The quantitative estimate of drug-likeness (QED) is 0.876. The molecule has 2 N–H and O–H groups in total. The topological polar surface area (TPSA) is 58.6 Å². The number of fused-ring (bicyclic) bond motifs is 1. The third-order valence-electron chi connectivity index (χ3n) is 3.89. The van der Waals surface area contributed by atoms with Gasteiger partial charge in [0.25, 0.3) is 5.91 Å². The molecule has 0 radical (unpaired) electrons. The molecule has 1 heterocycles. The minimum atomic E-state index is -0.359. The molecule has 1 aliphatic heterocycles. The second-order valence-electron chi connectivity index (χ2n) is 5.48. The number of benzene rings is 1. The summed E-state index contributed by atoms with van der Waals surface area (Å²) in [5.74, 6) is -0.000852. The van der Waals surface area contributed by atoms with Gasteiger partial charge in [0.2, 0.25) is 0 Å². The monoisotopic (exact) mass is 277 g/mol. The van der Waals surface area contributed by atoms with Gasteiger partial charge >= 0.3 is 0 Å². The van der Waals surface area contributed by atoms with Gasteiger partial charge in [-0.1, -0.05) is 0 Å². The molecule has 5 heteroatoms. The number of halogens is 1. The molecule has 0 saturated heterocycles. The molecule has 2 aliphatic rings. The number of aliphatic hydroxyl groups is 1. The van der Waals surface area contributed by atoms with Gasteiger partial charge in [0, 0.05) is 17.5 Å². The average molecular weight is 277 g/mol. The Balaban J connectivity index is 1.69. The second kappa shape index (κ2) is 4.90. The Hall–Kier alpha value is -1.88. The van der Waals surface area contributed by atoms with Crippen LogP contribution in [0.2, 0.25) is 0 Å². The number of carbonyl (C=O) groups is 1. The maximum Gasteiger partial charge on any atom is 0.250 e. The van der Waals surface area contributed by atoms with E-state index < -0.39 is 0 Å². The fraction of sp³-hybridized carbons (Fsp3) is 0.400. The summed E-state index contributed by atoms with van der Waals surface area (Å²) in [6, 6.07) is 4.23. The molecule has 3 rings (SSSR count). The molecule has 20 heavy (non-hydrogen) atoms. The van der Waals surface area contributed by atoms with Crippen LogP contribution in [-0.2, 0) is 4.79 Å². The minimum Gasteiger partial charge on any atom is -0.488 e. The predicted octanol–water partition coefficient (Wildman–Crippen LogP) is 1.49. The first kappa shape index (κ1) is 13.1. The summed E-state index contributed by atoms with van der Waals surface area (Å²) < 4.78 is 18.6. The van der Waals surface area contributed by atoms with E-state index in [9.17, 15) is 14.3 Å². The molecule has 1 aromatic carbocycles. The third kappa shape index (κ3) is 2.54. The molecule has 4 nitrogen and oxygen atoms in total. The lowest BCUT2D eigenvalue weighted by Crippen LogP contribution is -2.34. The van der Waals surface area contributed by atoms with Crippen LogP contribution in [0, 0.1) is 11.2 Å². The third-order valence-corrected chi connectivity index (χ3v) is 3.89. The molecule has 0 bridgehead atoms. The van der Waals surface area contributed by atoms with Crippen LogP contribution in [0.4, 0.5) is 4.39 Å². The van der Waals surface area contributed by atoms with E-state index in [1.807, 2.05) is 0 Å². The van der Waals surface area contributed by atoms with Crippen LogP contribution in [0.3, 0.4) is 0 Å². The van der Waals surface area contributed by atoms with Crippen LogP contribution in [0.25, 0.3) is 6.08 Å². The molecular formula is C15H16FNO3. The molecule has 1 saturated carbocycles. The summed E-state index contributed by atoms with van der Waals surface area (Å²) in [6.45, 7) is 0.739. The van der Waals surface area contributed by atoms with Gasteiger partial charge in [-0.25, -0.2) is 4.39 Å². The Morgan fingerprint density at radius 3 is 2.95 bits per heavy atom. The van der Waals surface area contributed by atoms with E-state index in [2.05, 4.69) is 5.32 Å². The Morgan fingerprint density at radius 1 is 1.45 bits per heavy atom. The van der Waals surface area contributed by atoms with Gasteiger partial charge in [0.05, 0.1) is 12.2 Å². The lowest BCUT2D eigenvalue weighted by molar-refractivity contribution is -0.118. The second-order valence-corrected chi connectivity index (χ2v) is 5.48. The molecule has 0 atom stereocenters. The van der Waals surface area contributed by atoms with Gasteiger partial charge in [-0.3, -0.25) is 4.79 Å². The maximum atomic E-state index is 13.2. The van der Waals surface area contributed by atoms with Gasteiger partial charge in [0.1, 0.15) is 18.2 Å². The average Bonchev–Trinajstić information content (AvgIpc) is 3.24. The number of rotatable bonds is 4. The molecule has 0 spiro atoms. The van der Waals surface area contributed by atoms with Crippen molar-refractivity contribution in [2.45, 2.75) is 12.8 Å². The van der Waals surface area contributed by atoms with E-state index in [1.165, 1.54) is 12.1 Å². The molecule has 0 unspecified atom stereocenters. The summed E-state index contributed by atoms with van der Waals surface area (Å²) in [5.41, 5.74) is 0.914. The van der Waals surface area contributed by atoms with Crippen LogP contribution in [-0.4, -0.2) is 30.8 Å². The van der Waals surface area contributed by atoms with E-state index in [1.54, 1.807) is 12.1 Å². The lowest BCUT2D eigenvalue weighted by Gasteiger charge is -2.19. The first-order valence-electron chi connectivity index (χ1n) is 6.64. The highest BCUT2D eigenvalue weighted by molar-refractivity contribution is 5.99. The van der Waals surface area contributed by atoms with Crippen molar-refractivity contribution in [2.24, 2.45) is 5.41 Å². The fourth-order valence-corrected chi connectivity index (χ4v) is 2.23. The fourth-order valence-electron chi connectivity index (χ4n) is 2.23. The van der Waals surface area contributed by atoms with Crippen molar-refractivity contribution in [3.8, 4) is 5.75 Å². The highest BCUT2D eigenvalue weighted by Crippen LogP contribution is 2.44. The lowest BCUT2D eigenvalue weighted by atomic mass is 10.1. The van der Waals surface area contributed by atoms with Crippen LogP contribution in [0.5, 0.6) is 5.75 Å². The first-order chi connectivity index (χ1) is 9.62. The summed E-state index contributed by atoms with van der Waals surface area (Å²) in [4.78, 5) is 12.0. The number of ether oxygens (including phenoxy) is 1. The summed E-state index contributed by atoms with van der Waals surface area (Å²) in [7, 11) is 0. The van der Waals surface area contributed by atoms with Crippen LogP contribution in [0.15, 0.2) is 23.8 Å². The van der Waals surface area contributed by atoms with Crippen molar-refractivity contribution in [1.82, 2.24) is 5.32 Å². The van der Waals surface area contributed by atoms with Crippen LogP contribution < -0.4 is 10.1 Å². The number of aliphatic hydroxyl groups excluding tert-OH is 1. The van der Waals surface area contributed by atoms with Gasteiger partial charge in [0.15, 0.2) is 0 Å². The summed E-state index contributed by atoms with van der Waals surface area (Å²) >= 11 is 0. The van der Waals surface area contributed by atoms with Crippen LogP contribution >= 0.6 is 0 Å². The number of hydrogen-bond donors (Lipinski definition) is 2. The van der Waals surface area contributed by atoms with Gasteiger partial charge < -0.3 is 15.2 Å². The van der Waals surface area contributed by atoms with Gasteiger partial charge in [-0.2, -0.15) is 0 Å². The Labute approximate surface area is 116 Å². The molecule has 1 fully saturated rings. The summed E-state index contributed by atoms with van der Waals surface area (Å²) in [6.07, 6.45) is 3.52. The predicted molar refractivity (Wildman–Crippen MR) is 71.6 cm³/mol. The Bertz CT molecular complexity index is 578. The molecule has 1 amide bonds. The van der Waals surface area contributed by atoms with Crippen molar-refractivity contribution in [3.05, 3.63) is 35.2 Å². The van der Waals surface area contributed by atoms with Gasteiger partial charge in [-0.05, 0) is 37.1 Å². The van der Waals surface area contributed by atoms with Crippen molar-refractivity contribution in [2.75, 3.05) is 19.8 Å².